The number of rotatable bonds is 4. The van der Waals surface area contributed by atoms with Crippen LogP contribution in [0.2, 0.25) is 0 Å². The Bertz CT molecular complexity index is 612. The van der Waals surface area contributed by atoms with Crippen molar-refractivity contribution in [2.75, 3.05) is 33.4 Å². The molecule has 1 aromatic rings. The summed E-state index contributed by atoms with van der Waals surface area (Å²) in [5.41, 5.74) is 0.854. The van der Waals surface area contributed by atoms with E-state index in [0.29, 0.717) is 32.0 Å². The van der Waals surface area contributed by atoms with Crippen LogP contribution in [0, 0.1) is 13.8 Å². The normalized spacial score (nSPS) is 23.9. The van der Waals surface area contributed by atoms with Gasteiger partial charge in [-0.25, -0.2) is 4.79 Å². The third kappa shape index (κ3) is 2.93. The van der Waals surface area contributed by atoms with E-state index in [4.69, 9.17) is 9.15 Å². The molecule has 0 bridgehead atoms. The van der Waals surface area contributed by atoms with Gasteiger partial charge < -0.3 is 24.3 Å². The first-order chi connectivity index (χ1) is 11.0. The van der Waals surface area contributed by atoms with Crippen LogP contribution >= 0.6 is 0 Å². The molecule has 1 aromatic heterocycles. The Morgan fingerprint density at radius 3 is 2.91 bits per heavy atom. The molecule has 2 saturated heterocycles. The Kier molecular flexibility index (Phi) is 4.30. The third-order valence-electron chi connectivity index (χ3n) is 4.61. The average Bonchev–Trinajstić information content (AvgIpc) is 3.02. The maximum atomic E-state index is 12.6. The van der Waals surface area contributed by atoms with E-state index in [1.165, 1.54) is 0 Å². The van der Waals surface area contributed by atoms with Gasteiger partial charge in [-0.15, -0.1) is 0 Å². The third-order valence-corrected chi connectivity index (χ3v) is 4.61. The van der Waals surface area contributed by atoms with Crippen LogP contribution in [0.25, 0.3) is 0 Å². The summed E-state index contributed by atoms with van der Waals surface area (Å²) in [5.74, 6) is 1.04. The molecule has 0 spiro atoms. The highest BCUT2D eigenvalue weighted by atomic mass is 16.5. The number of furan rings is 1. The fourth-order valence-corrected chi connectivity index (χ4v) is 3.49. The number of methoxy groups -OCH3 is 1. The summed E-state index contributed by atoms with van der Waals surface area (Å²) in [7, 11) is 1.63. The molecular formula is C16H23N3O4. The maximum absolute atomic E-state index is 12.6. The van der Waals surface area contributed by atoms with Gasteiger partial charge >= 0.3 is 6.03 Å². The minimum Gasteiger partial charge on any atom is -0.456 e. The van der Waals surface area contributed by atoms with Gasteiger partial charge in [0.05, 0.1) is 18.7 Å². The molecule has 2 fully saturated rings. The fourth-order valence-electron chi connectivity index (χ4n) is 3.49. The van der Waals surface area contributed by atoms with Crippen LogP contribution in [0.4, 0.5) is 4.79 Å². The predicted octanol–water partition coefficient (Wildman–Crippen LogP) is 1.15. The van der Waals surface area contributed by atoms with Gasteiger partial charge in [0.25, 0.3) is 5.91 Å². The van der Waals surface area contributed by atoms with Gasteiger partial charge in [0.2, 0.25) is 0 Å². The summed E-state index contributed by atoms with van der Waals surface area (Å²) in [6, 6.07) is 1.88. The van der Waals surface area contributed by atoms with E-state index in [1.807, 2.05) is 24.8 Å². The molecule has 0 unspecified atom stereocenters. The molecule has 126 valence electrons. The number of carbonyl (C=O) groups excluding carboxylic acids is 2. The van der Waals surface area contributed by atoms with Crippen molar-refractivity contribution in [1.29, 1.82) is 0 Å². The number of likely N-dealkylation sites (tertiary alicyclic amines) is 1. The zero-order chi connectivity index (χ0) is 16.6. The average molecular weight is 321 g/mol. The van der Waals surface area contributed by atoms with Gasteiger partial charge in [-0.05, 0) is 26.3 Å². The van der Waals surface area contributed by atoms with Gasteiger partial charge in [0.1, 0.15) is 5.76 Å². The standard InChI is InChI=1S/C16H23N3O4/c1-10-8-11(2)23-14(10)15(20)18-5-4-13-12(9-18)17-16(21)19(13)6-7-22-3/h8,12-13H,4-7,9H2,1-3H3,(H,17,21)/t12-,13+/m1/s1. The molecule has 3 amide bonds. The number of amides is 3. The smallest absolute Gasteiger partial charge is 0.318 e. The molecule has 23 heavy (non-hydrogen) atoms. The highest BCUT2D eigenvalue weighted by Gasteiger charge is 2.43. The Hall–Kier alpha value is -2.02. The van der Waals surface area contributed by atoms with Crippen LogP contribution in [0.15, 0.2) is 10.5 Å². The molecule has 2 aliphatic heterocycles. The number of nitrogens with zero attached hydrogens (tertiary/aromatic N) is 2. The Balaban J connectivity index is 1.68. The minimum atomic E-state index is -0.0985. The molecule has 1 N–H and O–H groups in total. The number of nitrogens with one attached hydrogen (secondary N) is 1. The van der Waals surface area contributed by atoms with Crippen molar-refractivity contribution in [2.45, 2.75) is 32.4 Å². The predicted molar refractivity (Wildman–Crippen MR) is 83.4 cm³/mol. The number of fused-ring (bicyclic) bond motifs is 1. The number of hydrogen-bond acceptors (Lipinski definition) is 4. The molecule has 0 aliphatic carbocycles. The molecule has 3 rings (SSSR count). The largest absolute Gasteiger partial charge is 0.456 e. The molecule has 2 aliphatic rings. The monoisotopic (exact) mass is 321 g/mol. The molecule has 0 radical (unpaired) electrons. The molecule has 0 aromatic carbocycles. The van der Waals surface area contributed by atoms with E-state index >= 15 is 0 Å². The van der Waals surface area contributed by atoms with Crippen molar-refractivity contribution in [3.63, 3.8) is 0 Å². The van der Waals surface area contributed by atoms with Crippen LogP contribution in [0.1, 0.15) is 28.3 Å². The van der Waals surface area contributed by atoms with Crippen LogP contribution < -0.4 is 5.32 Å². The number of piperidine rings is 1. The molecule has 0 saturated carbocycles. The number of carbonyl (C=O) groups is 2. The van der Waals surface area contributed by atoms with Crippen LogP contribution in [0.3, 0.4) is 0 Å². The number of aryl methyl sites for hydroxylation is 2. The second kappa shape index (κ2) is 6.23. The number of ether oxygens (including phenoxy) is 1. The summed E-state index contributed by atoms with van der Waals surface area (Å²) in [5, 5.41) is 2.98. The van der Waals surface area contributed by atoms with Crippen molar-refractivity contribution in [2.24, 2.45) is 0 Å². The summed E-state index contributed by atoms with van der Waals surface area (Å²) in [6.07, 6.45) is 0.762. The minimum absolute atomic E-state index is 0.0339. The lowest BCUT2D eigenvalue weighted by atomic mass is 9.99. The van der Waals surface area contributed by atoms with E-state index in [9.17, 15) is 9.59 Å². The lowest BCUT2D eigenvalue weighted by Crippen LogP contribution is -2.53. The van der Waals surface area contributed by atoms with Crippen LogP contribution in [0.5, 0.6) is 0 Å². The maximum Gasteiger partial charge on any atom is 0.318 e. The first kappa shape index (κ1) is 15.9. The van der Waals surface area contributed by atoms with Crippen molar-refractivity contribution >= 4 is 11.9 Å². The second-order valence-corrected chi connectivity index (χ2v) is 6.22. The molecule has 2 atom stereocenters. The first-order valence-electron chi connectivity index (χ1n) is 7.93. The number of hydrogen-bond donors (Lipinski definition) is 1. The SMILES string of the molecule is COCCN1C(=O)N[C@@H]2CN(C(=O)c3oc(C)cc3C)CC[C@@H]21. The molecular weight excluding hydrogens is 298 g/mol. The van der Waals surface area contributed by atoms with Crippen molar-refractivity contribution in [3.05, 3.63) is 23.2 Å². The van der Waals surface area contributed by atoms with Crippen LogP contribution in [-0.4, -0.2) is 67.2 Å². The van der Waals surface area contributed by atoms with Crippen LogP contribution in [-0.2, 0) is 4.74 Å². The molecule has 7 heteroatoms. The fraction of sp³-hybridized carbons (Fsp3) is 0.625. The first-order valence-corrected chi connectivity index (χ1v) is 7.93. The lowest BCUT2D eigenvalue weighted by molar-refractivity contribution is 0.0609. The topological polar surface area (TPSA) is 75.0 Å². The van der Waals surface area contributed by atoms with Crippen molar-refractivity contribution in [1.82, 2.24) is 15.1 Å². The summed E-state index contributed by atoms with van der Waals surface area (Å²) in [4.78, 5) is 28.3. The van der Waals surface area contributed by atoms with E-state index in [2.05, 4.69) is 5.32 Å². The van der Waals surface area contributed by atoms with Gasteiger partial charge in [0.15, 0.2) is 5.76 Å². The lowest BCUT2D eigenvalue weighted by Gasteiger charge is -2.36. The Morgan fingerprint density at radius 1 is 1.48 bits per heavy atom. The van der Waals surface area contributed by atoms with Gasteiger partial charge in [0, 0.05) is 32.3 Å². The highest BCUT2D eigenvalue weighted by molar-refractivity contribution is 5.93. The van der Waals surface area contributed by atoms with E-state index in [-0.39, 0.29) is 24.0 Å². The molecule has 7 nitrogen and oxygen atoms in total. The summed E-state index contributed by atoms with van der Waals surface area (Å²) < 4.78 is 10.6. The second-order valence-electron chi connectivity index (χ2n) is 6.22. The quantitative estimate of drug-likeness (QED) is 0.903. The zero-order valence-electron chi connectivity index (χ0n) is 13.8. The van der Waals surface area contributed by atoms with E-state index < -0.39 is 0 Å². The van der Waals surface area contributed by atoms with Gasteiger partial charge in [-0.3, -0.25) is 4.79 Å². The van der Waals surface area contributed by atoms with E-state index in [0.717, 1.165) is 17.7 Å². The Labute approximate surface area is 135 Å². The Morgan fingerprint density at radius 2 is 2.26 bits per heavy atom. The molecule has 3 heterocycles. The van der Waals surface area contributed by atoms with Gasteiger partial charge in [-0.2, -0.15) is 0 Å². The summed E-state index contributed by atoms with van der Waals surface area (Å²) >= 11 is 0. The number of urea groups is 1. The van der Waals surface area contributed by atoms with E-state index in [1.54, 1.807) is 12.0 Å². The van der Waals surface area contributed by atoms with Gasteiger partial charge in [-0.1, -0.05) is 0 Å². The zero-order valence-corrected chi connectivity index (χ0v) is 13.8. The highest BCUT2D eigenvalue weighted by Crippen LogP contribution is 2.25. The summed E-state index contributed by atoms with van der Waals surface area (Å²) in [6.45, 7) is 5.94. The van der Waals surface area contributed by atoms with Crippen molar-refractivity contribution < 1.29 is 18.7 Å². The van der Waals surface area contributed by atoms with Crippen molar-refractivity contribution in [3.8, 4) is 0 Å².